The van der Waals surface area contributed by atoms with Crippen LogP contribution in [-0.2, 0) is 6.54 Å². The molecule has 2 aromatic rings. The van der Waals surface area contributed by atoms with Crippen molar-refractivity contribution >= 4 is 17.6 Å². The summed E-state index contributed by atoms with van der Waals surface area (Å²) in [6, 6.07) is 13.8. The molecule has 1 atom stereocenters. The molecule has 23 heavy (non-hydrogen) atoms. The van der Waals surface area contributed by atoms with Crippen LogP contribution < -0.4 is 15.4 Å². The molecule has 2 rings (SSSR count). The molecule has 0 heterocycles. The second-order valence-corrected chi connectivity index (χ2v) is 5.35. The van der Waals surface area contributed by atoms with Gasteiger partial charge in [-0.3, -0.25) is 0 Å². The van der Waals surface area contributed by atoms with Gasteiger partial charge in [-0.15, -0.1) is 0 Å². The number of aliphatic hydroxyl groups excluding tert-OH is 1. The number of methoxy groups -OCH3 is 1. The lowest BCUT2D eigenvalue weighted by atomic mass is 10.1. The van der Waals surface area contributed by atoms with Gasteiger partial charge in [0.1, 0.15) is 5.75 Å². The number of amides is 2. The third kappa shape index (κ3) is 4.87. The molecule has 5 nitrogen and oxygen atoms in total. The summed E-state index contributed by atoms with van der Waals surface area (Å²) >= 11 is 6.05. The third-order valence-electron chi connectivity index (χ3n) is 3.36. The maximum Gasteiger partial charge on any atom is 0.315 e. The predicted molar refractivity (Wildman–Crippen MR) is 89.6 cm³/mol. The maximum atomic E-state index is 12.0. The van der Waals surface area contributed by atoms with Gasteiger partial charge in [0, 0.05) is 6.54 Å². The summed E-state index contributed by atoms with van der Waals surface area (Å²) in [6.07, 6.45) is 0. The van der Waals surface area contributed by atoms with Crippen LogP contribution in [-0.4, -0.2) is 24.9 Å². The molecule has 122 valence electrons. The molecule has 0 saturated heterocycles. The SMILES string of the molecule is COc1ccc(CNC(=O)N[C@H](CO)c2ccccc2)cc1Cl. The highest BCUT2D eigenvalue weighted by molar-refractivity contribution is 6.32. The van der Waals surface area contributed by atoms with E-state index in [1.165, 1.54) is 0 Å². The molecule has 3 N–H and O–H groups in total. The Morgan fingerprint density at radius 1 is 1.26 bits per heavy atom. The zero-order valence-corrected chi connectivity index (χ0v) is 13.5. The fraction of sp³-hybridized carbons (Fsp3) is 0.235. The Kier molecular flexibility index (Phi) is 6.26. The van der Waals surface area contributed by atoms with E-state index in [0.29, 0.717) is 17.3 Å². The average Bonchev–Trinajstić information content (AvgIpc) is 2.58. The molecule has 0 aromatic heterocycles. The van der Waals surface area contributed by atoms with Gasteiger partial charge in [0.25, 0.3) is 0 Å². The number of hydrogen-bond acceptors (Lipinski definition) is 3. The molecule has 0 radical (unpaired) electrons. The number of carbonyl (C=O) groups excluding carboxylic acids is 1. The van der Waals surface area contributed by atoms with Gasteiger partial charge in [-0.1, -0.05) is 48.0 Å². The fourth-order valence-electron chi connectivity index (χ4n) is 2.13. The molecular formula is C17H19ClN2O3. The van der Waals surface area contributed by atoms with E-state index in [4.69, 9.17) is 16.3 Å². The van der Waals surface area contributed by atoms with Crippen molar-refractivity contribution in [3.63, 3.8) is 0 Å². The number of urea groups is 1. The lowest BCUT2D eigenvalue weighted by molar-refractivity contribution is 0.216. The van der Waals surface area contributed by atoms with Gasteiger partial charge in [0.05, 0.1) is 24.8 Å². The zero-order valence-electron chi connectivity index (χ0n) is 12.8. The molecule has 0 aliphatic rings. The summed E-state index contributed by atoms with van der Waals surface area (Å²) in [6.45, 7) is 0.147. The van der Waals surface area contributed by atoms with Crippen LogP contribution in [0.1, 0.15) is 17.2 Å². The molecule has 2 amide bonds. The summed E-state index contributed by atoms with van der Waals surface area (Å²) in [7, 11) is 1.55. The van der Waals surface area contributed by atoms with Crippen molar-refractivity contribution in [2.24, 2.45) is 0 Å². The predicted octanol–water partition coefficient (Wildman–Crippen LogP) is 2.88. The van der Waals surface area contributed by atoms with Crippen molar-refractivity contribution in [1.82, 2.24) is 10.6 Å². The number of rotatable bonds is 6. The number of ether oxygens (including phenoxy) is 1. The third-order valence-corrected chi connectivity index (χ3v) is 3.65. The van der Waals surface area contributed by atoms with E-state index in [1.54, 1.807) is 19.2 Å². The van der Waals surface area contributed by atoms with Crippen molar-refractivity contribution in [2.75, 3.05) is 13.7 Å². The Hall–Kier alpha value is -2.24. The first-order valence-corrected chi connectivity index (χ1v) is 7.54. The highest BCUT2D eigenvalue weighted by Crippen LogP contribution is 2.24. The minimum Gasteiger partial charge on any atom is -0.495 e. The van der Waals surface area contributed by atoms with Gasteiger partial charge in [-0.05, 0) is 23.3 Å². The molecule has 0 aliphatic carbocycles. The smallest absolute Gasteiger partial charge is 0.315 e. The Labute approximate surface area is 140 Å². The molecule has 2 aromatic carbocycles. The van der Waals surface area contributed by atoms with Gasteiger partial charge >= 0.3 is 6.03 Å². The largest absolute Gasteiger partial charge is 0.495 e. The Bertz CT molecular complexity index is 650. The first-order valence-electron chi connectivity index (χ1n) is 7.16. The van der Waals surface area contributed by atoms with Crippen LogP contribution in [0.2, 0.25) is 5.02 Å². The number of halogens is 1. The van der Waals surface area contributed by atoms with E-state index in [2.05, 4.69) is 10.6 Å². The van der Waals surface area contributed by atoms with Crippen LogP contribution in [0.5, 0.6) is 5.75 Å². The molecule has 0 spiro atoms. The summed E-state index contributed by atoms with van der Waals surface area (Å²) < 4.78 is 5.08. The molecular weight excluding hydrogens is 316 g/mol. The standard InChI is InChI=1S/C17H19ClN2O3/c1-23-16-8-7-12(9-14(16)18)10-19-17(22)20-15(11-21)13-5-3-2-4-6-13/h2-9,15,21H,10-11H2,1H3,(H2,19,20,22)/t15-/m1/s1. The van der Waals surface area contributed by atoms with E-state index in [-0.39, 0.29) is 12.6 Å². The highest BCUT2D eigenvalue weighted by atomic mass is 35.5. The van der Waals surface area contributed by atoms with Gasteiger partial charge in [0.2, 0.25) is 0 Å². The van der Waals surface area contributed by atoms with Gasteiger partial charge in [-0.2, -0.15) is 0 Å². The lowest BCUT2D eigenvalue weighted by Gasteiger charge is -2.17. The van der Waals surface area contributed by atoms with Gasteiger partial charge in [0.15, 0.2) is 0 Å². The van der Waals surface area contributed by atoms with Crippen LogP contribution in [0, 0.1) is 0 Å². The number of hydrogen-bond donors (Lipinski definition) is 3. The van der Waals surface area contributed by atoms with E-state index in [0.717, 1.165) is 11.1 Å². The number of carbonyl (C=O) groups is 1. The van der Waals surface area contributed by atoms with Crippen molar-refractivity contribution < 1.29 is 14.6 Å². The normalized spacial score (nSPS) is 11.6. The van der Waals surface area contributed by atoms with Crippen LogP contribution in [0.15, 0.2) is 48.5 Å². The molecule has 6 heteroatoms. The van der Waals surface area contributed by atoms with Crippen molar-refractivity contribution in [3.8, 4) is 5.75 Å². The van der Waals surface area contributed by atoms with Crippen LogP contribution >= 0.6 is 11.6 Å². The van der Waals surface area contributed by atoms with Gasteiger partial charge in [-0.25, -0.2) is 4.79 Å². The fourth-order valence-corrected chi connectivity index (χ4v) is 2.41. The van der Waals surface area contributed by atoms with Crippen molar-refractivity contribution in [2.45, 2.75) is 12.6 Å². The average molecular weight is 335 g/mol. The molecule has 0 aliphatic heterocycles. The van der Waals surface area contributed by atoms with E-state index in [9.17, 15) is 9.90 Å². The highest BCUT2D eigenvalue weighted by Gasteiger charge is 2.13. The van der Waals surface area contributed by atoms with Crippen LogP contribution in [0.25, 0.3) is 0 Å². The Morgan fingerprint density at radius 3 is 2.61 bits per heavy atom. The van der Waals surface area contributed by atoms with E-state index in [1.807, 2.05) is 36.4 Å². The lowest BCUT2D eigenvalue weighted by Crippen LogP contribution is -2.38. The number of aliphatic hydroxyl groups is 1. The van der Waals surface area contributed by atoms with Crippen molar-refractivity contribution in [3.05, 3.63) is 64.7 Å². The number of nitrogens with one attached hydrogen (secondary N) is 2. The minimum atomic E-state index is -0.448. The topological polar surface area (TPSA) is 70.6 Å². The Balaban J connectivity index is 1.90. The summed E-state index contributed by atoms with van der Waals surface area (Å²) in [5, 5.41) is 15.4. The first kappa shape index (κ1) is 17.1. The van der Waals surface area contributed by atoms with Gasteiger partial charge < -0.3 is 20.5 Å². The summed E-state index contributed by atoms with van der Waals surface area (Å²) in [4.78, 5) is 12.0. The molecule has 0 saturated carbocycles. The zero-order chi connectivity index (χ0) is 16.7. The monoisotopic (exact) mass is 334 g/mol. The maximum absolute atomic E-state index is 12.0. The first-order chi connectivity index (χ1) is 11.1. The second-order valence-electron chi connectivity index (χ2n) is 4.94. The van der Waals surface area contributed by atoms with E-state index < -0.39 is 6.04 Å². The minimum absolute atomic E-state index is 0.175. The molecule has 0 bridgehead atoms. The quantitative estimate of drug-likeness (QED) is 0.760. The van der Waals surface area contributed by atoms with Crippen LogP contribution in [0.3, 0.4) is 0 Å². The summed E-state index contributed by atoms with van der Waals surface area (Å²) in [5.41, 5.74) is 1.70. The molecule has 0 unspecified atom stereocenters. The summed E-state index contributed by atoms with van der Waals surface area (Å²) in [5.74, 6) is 0.587. The molecule has 0 fully saturated rings. The number of benzene rings is 2. The second kappa shape index (κ2) is 8.41. The van der Waals surface area contributed by atoms with E-state index >= 15 is 0 Å². The van der Waals surface area contributed by atoms with Crippen molar-refractivity contribution in [1.29, 1.82) is 0 Å². The van der Waals surface area contributed by atoms with Crippen LogP contribution in [0.4, 0.5) is 4.79 Å². The Morgan fingerprint density at radius 2 is 2.00 bits per heavy atom.